The second kappa shape index (κ2) is 3.85. The Kier molecular flexibility index (Phi) is 2.80. The summed E-state index contributed by atoms with van der Waals surface area (Å²) in [5.41, 5.74) is 0.533. The van der Waals surface area contributed by atoms with E-state index < -0.39 is 5.82 Å². The number of rotatable bonds is 2. The molecule has 0 amide bonds. The van der Waals surface area contributed by atoms with Gasteiger partial charge in [-0.15, -0.1) is 0 Å². The molecule has 0 saturated carbocycles. The van der Waals surface area contributed by atoms with E-state index in [1.165, 1.54) is 6.07 Å². The molecule has 13 heavy (non-hydrogen) atoms. The minimum atomic E-state index is -0.437. The van der Waals surface area contributed by atoms with Crippen molar-refractivity contribution in [3.8, 4) is 6.07 Å². The van der Waals surface area contributed by atoms with Crippen molar-refractivity contribution in [3.05, 3.63) is 23.8 Å². The minimum absolute atomic E-state index is 0.128. The summed E-state index contributed by atoms with van der Waals surface area (Å²) in [5, 5.41) is 11.4. The molecule has 1 aromatic heterocycles. The van der Waals surface area contributed by atoms with Gasteiger partial charge in [-0.25, -0.2) is 9.37 Å². The monoisotopic (exact) mass is 179 g/mol. The van der Waals surface area contributed by atoms with Gasteiger partial charge >= 0.3 is 0 Å². The van der Waals surface area contributed by atoms with Crippen LogP contribution in [-0.4, -0.2) is 11.0 Å². The zero-order valence-corrected chi connectivity index (χ0v) is 7.50. The SMILES string of the molecule is CC(C)Nc1cc(C#N)ncc1F. The number of halogens is 1. The number of hydrogen-bond acceptors (Lipinski definition) is 3. The third kappa shape index (κ3) is 2.41. The van der Waals surface area contributed by atoms with Crippen molar-refractivity contribution in [3.63, 3.8) is 0 Å². The third-order valence-corrected chi connectivity index (χ3v) is 1.41. The summed E-state index contributed by atoms with van der Waals surface area (Å²) in [5.74, 6) is -0.437. The van der Waals surface area contributed by atoms with Gasteiger partial charge in [-0.05, 0) is 13.8 Å². The molecule has 1 heterocycles. The molecule has 0 fully saturated rings. The molecular weight excluding hydrogens is 169 g/mol. The van der Waals surface area contributed by atoms with Crippen molar-refractivity contribution in [2.24, 2.45) is 0 Å². The van der Waals surface area contributed by atoms with E-state index in [1.807, 2.05) is 19.9 Å². The third-order valence-electron chi connectivity index (χ3n) is 1.41. The average Bonchev–Trinajstić information content (AvgIpc) is 2.08. The second-order valence-corrected chi connectivity index (χ2v) is 2.96. The number of aromatic nitrogens is 1. The second-order valence-electron chi connectivity index (χ2n) is 2.96. The molecule has 0 aliphatic carbocycles. The fourth-order valence-electron chi connectivity index (χ4n) is 0.921. The van der Waals surface area contributed by atoms with Crippen molar-refractivity contribution in [1.82, 2.24) is 4.98 Å². The van der Waals surface area contributed by atoms with Gasteiger partial charge in [-0.2, -0.15) is 5.26 Å². The van der Waals surface area contributed by atoms with Gasteiger partial charge in [0.1, 0.15) is 11.8 Å². The smallest absolute Gasteiger partial charge is 0.164 e. The van der Waals surface area contributed by atoms with Gasteiger partial charge in [0.2, 0.25) is 0 Å². The molecule has 1 aromatic rings. The Morgan fingerprint density at radius 2 is 2.31 bits per heavy atom. The van der Waals surface area contributed by atoms with Crippen molar-refractivity contribution >= 4 is 5.69 Å². The Balaban J connectivity index is 2.99. The van der Waals surface area contributed by atoms with Gasteiger partial charge in [0.25, 0.3) is 0 Å². The molecule has 1 N–H and O–H groups in total. The van der Waals surface area contributed by atoms with Crippen molar-refractivity contribution in [2.45, 2.75) is 19.9 Å². The minimum Gasteiger partial charge on any atom is -0.380 e. The van der Waals surface area contributed by atoms with Gasteiger partial charge in [0.15, 0.2) is 5.82 Å². The first-order valence-corrected chi connectivity index (χ1v) is 3.95. The van der Waals surface area contributed by atoms with Crippen molar-refractivity contribution in [1.29, 1.82) is 5.26 Å². The molecule has 1 rings (SSSR count). The maximum Gasteiger partial charge on any atom is 0.164 e. The van der Waals surface area contributed by atoms with Gasteiger partial charge in [0.05, 0.1) is 11.9 Å². The van der Waals surface area contributed by atoms with E-state index in [-0.39, 0.29) is 11.7 Å². The first-order valence-electron chi connectivity index (χ1n) is 3.95. The largest absolute Gasteiger partial charge is 0.380 e. The van der Waals surface area contributed by atoms with Gasteiger partial charge in [-0.3, -0.25) is 0 Å². The van der Waals surface area contributed by atoms with Crippen LogP contribution in [0.3, 0.4) is 0 Å². The molecule has 0 bridgehead atoms. The molecule has 0 aliphatic heterocycles. The van der Waals surface area contributed by atoms with Crippen LogP contribution in [0.25, 0.3) is 0 Å². The van der Waals surface area contributed by atoms with E-state index in [0.29, 0.717) is 5.69 Å². The van der Waals surface area contributed by atoms with Crippen molar-refractivity contribution in [2.75, 3.05) is 5.32 Å². The van der Waals surface area contributed by atoms with Gasteiger partial charge in [0, 0.05) is 12.1 Å². The van der Waals surface area contributed by atoms with Gasteiger partial charge in [-0.1, -0.05) is 0 Å². The summed E-state index contributed by atoms with van der Waals surface area (Å²) < 4.78 is 13.0. The fraction of sp³-hybridized carbons (Fsp3) is 0.333. The number of anilines is 1. The lowest BCUT2D eigenvalue weighted by Crippen LogP contribution is -2.11. The quantitative estimate of drug-likeness (QED) is 0.754. The molecule has 4 heteroatoms. The highest BCUT2D eigenvalue weighted by Gasteiger charge is 2.04. The highest BCUT2D eigenvalue weighted by molar-refractivity contribution is 5.47. The van der Waals surface area contributed by atoms with Crippen LogP contribution in [-0.2, 0) is 0 Å². The van der Waals surface area contributed by atoms with Crippen molar-refractivity contribution < 1.29 is 4.39 Å². The lowest BCUT2D eigenvalue weighted by molar-refractivity contribution is 0.621. The average molecular weight is 179 g/mol. The summed E-state index contributed by atoms with van der Waals surface area (Å²) in [6.07, 6.45) is 1.04. The van der Waals surface area contributed by atoms with Crippen LogP contribution in [0.2, 0.25) is 0 Å². The summed E-state index contributed by atoms with van der Waals surface area (Å²) in [6, 6.07) is 3.38. The lowest BCUT2D eigenvalue weighted by Gasteiger charge is -2.10. The van der Waals surface area contributed by atoms with Crippen LogP contribution in [0, 0.1) is 17.1 Å². The fourth-order valence-corrected chi connectivity index (χ4v) is 0.921. The Bertz CT molecular complexity index is 341. The van der Waals surface area contributed by atoms with Crippen LogP contribution < -0.4 is 5.32 Å². The van der Waals surface area contributed by atoms with Crippen LogP contribution in [0.4, 0.5) is 10.1 Å². The van der Waals surface area contributed by atoms with Crippen LogP contribution in [0.15, 0.2) is 12.3 Å². The molecule has 0 unspecified atom stereocenters. The van der Waals surface area contributed by atoms with E-state index >= 15 is 0 Å². The number of hydrogen-bond donors (Lipinski definition) is 1. The van der Waals surface area contributed by atoms with E-state index in [1.54, 1.807) is 0 Å². The zero-order chi connectivity index (χ0) is 9.84. The zero-order valence-electron chi connectivity index (χ0n) is 7.50. The Hall–Kier alpha value is -1.63. The Labute approximate surface area is 76.2 Å². The first kappa shape index (κ1) is 9.46. The normalized spacial score (nSPS) is 9.77. The molecular formula is C9H10FN3. The van der Waals surface area contributed by atoms with Crippen LogP contribution >= 0.6 is 0 Å². The topological polar surface area (TPSA) is 48.7 Å². The molecule has 68 valence electrons. The Morgan fingerprint density at radius 3 is 2.85 bits per heavy atom. The van der Waals surface area contributed by atoms with E-state index in [2.05, 4.69) is 10.3 Å². The number of nitrogens with one attached hydrogen (secondary N) is 1. The maximum atomic E-state index is 13.0. The first-order chi connectivity index (χ1) is 6.13. The molecule has 0 aromatic carbocycles. The predicted molar refractivity (Wildman–Crippen MR) is 47.7 cm³/mol. The lowest BCUT2D eigenvalue weighted by atomic mass is 10.3. The molecule has 0 spiro atoms. The van der Waals surface area contributed by atoms with E-state index in [4.69, 9.17) is 5.26 Å². The molecule has 0 atom stereocenters. The molecule has 0 saturated heterocycles. The number of nitriles is 1. The standard InChI is InChI=1S/C9H10FN3/c1-6(2)13-9-3-7(4-11)12-5-8(9)10/h3,5-6H,1-2H3,(H,12,13). The maximum absolute atomic E-state index is 13.0. The molecule has 3 nitrogen and oxygen atoms in total. The summed E-state index contributed by atoms with van der Waals surface area (Å²) in [7, 11) is 0. The van der Waals surface area contributed by atoms with Gasteiger partial charge < -0.3 is 5.32 Å². The molecule has 0 radical (unpaired) electrons. The highest BCUT2D eigenvalue weighted by Crippen LogP contribution is 2.14. The summed E-state index contributed by atoms with van der Waals surface area (Å²) in [6.45, 7) is 3.79. The van der Waals surface area contributed by atoms with Crippen LogP contribution in [0.1, 0.15) is 19.5 Å². The molecule has 0 aliphatic rings. The Morgan fingerprint density at radius 1 is 1.62 bits per heavy atom. The number of nitrogens with zero attached hydrogens (tertiary/aromatic N) is 2. The number of pyridine rings is 1. The summed E-state index contributed by atoms with van der Waals surface area (Å²) >= 11 is 0. The summed E-state index contributed by atoms with van der Waals surface area (Å²) in [4.78, 5) is 3.59. The highest BCUT2D eigenvalue weighted by atomic mass is 19.1. The van der Waals surface area contributed by atoms with E-state index in [9.17, 15) is 4.39 Å². The van der Waals surface area contributed by atoms with Crippen LogP contribution in [0.5, 0.6) is 0 Å². The predicted octanol–water partition coefficient (Wildman–Crippen LogP) is 1.91. The van der Waals surface area contributed by atoms with E-state index in [0.717, 1.165) is 6.20 Å².